The van der Waals surface area contributed by atoms with E-state index in [9.17, 15) is 4.79 Å². The van der Waals surface area contributed by atoms with Gasteiger partial charge in [0.05, 0.1) is 11.4 Å². The predicted octanol–water partition coefficient (Wildman–Crippen LogP) is 3.13. The third-order valence-corrected chi connectivity index (χ3v) is 4.59. The number of carbonyl (C=O) groups excluding carboxylic acids is 1. The van der Waals surface area contributed by atoms with Gasteiger partial charge in [0.15, 0.2) is 17.3 Å². The Balaban J connectivity index is 1.34. The molecule has 1 aromatic carbocycles. The lowest BCUT2D eigenvalue weighted by Crippen LogP contribution is -2.17. The largest absolute Gasteiger partial charge is 0.486 e. The third kappa shape index (κ3) is 4.43. The number of fused-ring (bicyclic) bond motifs is 1. The fraction of sp³-hybridized carbons (Fsp3) is 0.250. The first-order chi connectivity index (χ1) is 13.7. The van der Waals surface area contributed by atoms with Gasteiger partial charge in [-0.15, -0.1) is 0 Å². The summed E-state index contributed by atoms with van der Waals surface area (Å²) in [5, 5.41) is 7.65. The average Bonchev–Trinajstić information content (AvgIpc) is 3.14. The second-order valence-electron chi connectivity index (χ2n) is 6.40. The van der Waals surface area contributed by atoms with Gasteiger partial charge >= 0.3 is 0 Å². The molecule has 0 unspecified atom stereocenters. The summed E-state index contributed by atoms with van der Waals surface area (Å²) < 4.78 is 12.8. The van der Waals surface area contributed by atoms with E-state index in [0.717, 1.165) is 18.5 Å². The van der Waals surface area contributed by atoms with E-state index in [0.29, 0.717) is 35.6 Å². The Bertz CT molecular complexity index is 975. The van der Waals surface area contributed by atoms with Gasteiger partial charge < -0.3 is 14.8 Å². The van der Waals surface area contributed by atoms with Gasteiger partial charge in [-0.25, -0.2) is 0 Å². The Morgan fingerprint density at radius 3 is 2.82 bits per heavy atom. The van der Waals surface area contributed by atoms with Crippen LogP contribution in [0.5, 0.6) is 11.5 Å². The first kappa shape index (κ1) is 18.3. The molecule has 4 rings (SSSR count). The number of carbonyl (C=O) groups is 1. The number of nitrogens with one attached hydrogen (secondary N) is 1. The van der Waals surface area contributed by atoms with Crippen LogP contribution in [0.15, 0.2) is 48.9 Å². The first-order valence-corrected chi connectivity index (χ1v) is 9.35. The van der Waals surface area contributed by atoms with Gasteiger partial charge in [-0.05, 0) is 41.8 Å². The molecule has 28 heavy (non-hydrogen) atoms. The van der Waals surface area contributed by atoms with Gasteiger partial charge in [-0.3, -0.25) is 14.5 Å². The molecule has 144 valence electrons. The Kier molecular flexibility index (Phi) is 5.43. The van der Waals surface area contributed by atoms with Crippen LogP contribution >= 0.6 is 11.6 Å². The van der Waals surface area contributed by atoms with E-state index in [2.05, 4.69) is 15.4 Å². The van der Waals surface area contributed by atoms with Crippen molar-refractivity contribution in [2.24, 2.45) is 0 Å². The molecule has 0 fully saturated rings. The van der Waals surface area contributed by atoms with E-state index in [1.165, 1.54) is 5.56 Å². The molecule has 0 bridgehead atoms. The van der Waals surface area contributed by atoms with E-state index in [-0.39, 0.29) is 12.3 Å². The summed E-state index contributed by atoms with van der Waals surface area (Å²) in [7, 11) is 0. The molecular formula is C20H19ClN4O3. The number of anilines is 1. The first-order valence-electron chi connectivity index (χ1n) is 8.97. The lowest BCUT2D eigenvalue weighted by molar-refractivity contribution is -0.115. The highest BCUT2D eigenvalue weighted by molar-refractivity contribution is 6.32. The zero-order chi connectivity index (χ0) is 19.3. The van der Waals surface area contributed by atoms with Crippen molar-refractivity contribution in [1.82, 2.24) is 14.8 Å². The number of hydrogen-bond donors (Lipinski definition) is 1. The number of nitrogens with zero attached hydrogens (tertiary/aromatic N) is 3. The SMILES string of the molecule is O=C(Cc1cc(Cl)c2c(c1)OCCO2)Nc1ccn(CCc2ccncc2)n1. The molecule has 7 nitrogen and oxygen atoms in total. The summed E-state index contributed by atoms with van der Waals surface area (Å²) in [6.45, 7) is 1.66. The highest BCUT2D eigenvalue weighted by Gasteiger charge is 2.18. The van der Waals surface area contributed by atoms with Gasteiger partial charge in [-0.1, -0.05) is 11.6 Å². The maximum Gasteiger partial charge on any atom is 0.229 e. The molecule has 3 heterocycles. The smallest absolute Gasteiger partial charge is 0.229 e. The fourth-order valence-electron chi connectivity index (χ4n) is 2.98. The molecule has 8 heteroatoms. The number of benzene rings is 1. The van der Waals surface area contributed by atoms with Crippen LogP contribution in [0.3, 0.4) is 0 Å². The monoisotopic (exact) mass is 398 g/mol. The van der Waals surface area contributed by atoms with Crippen molar-refractivity contribution in [2.45, 2.75) is 19.4 Å². The van der Waals surface area contributed by atoms with Crippen LogP contribution in [-0.4, -0.2) is 33.9 Å². The van der Waals surface area contributed by atoms with Crippen molar-refractivity contribution in [3.05, 3.63) is 65.1 Å². The van der Waals surface area contributed by atoms with Crippen LogP contribution in [0.25, 0.3) is 0 Å². The van der Waals surface area contributed by atoms with E-state index in [1.807, 2.05) is 18.3 Å². The Labute approximate surface area is 167 Å². The molecule has 0 spiro atoms. The van der Waals surface area contributed by atoms with Crippen molar-refractivity contribution in [3.8, 4) is 11.5 Å². The molecule has 0 radical (unpaired) electrons. The second-order valence-corrected chi connectivity index (χ2v) is 6.80. The van der Waals surface area contributed by atoms with Crippen molar-refractivity contribution in [3.63, 3.8) is 0 Å². The lowest BCUT2D eigenvalue weighted by Gasteiger charge is -2.20. The predicted molar refractivity (Wildman–Crippen MR) is 105 cm³/mol. The summed E-state index contributed by atoms with van der Waals surface area (Å²) >= 11 is 6.22. The van der Waals surface area contributed by atoms with Crippen LogP contribution in [0.4, 0.5) is 5.82 Å². The second kappa shape index (κ2) is 8.31. The molecule has 1 N–H and O–H groups in total. The number of aromatic nitrogens is 3. The zero-order valence-electron chi connectivity index (χ0n) is 15.1. The summed E-state index contributed by atoms with van der Waals surface area (Å²) in [5.41, 5.74) is 1.94. The van der Waals surface area contributed by atoms with Crippen LogP contribution in [0, 0.1) is 0 Å². The number of aryl methyl sites for hydroxylation is 2. The van der Waals surface area contributed by atoms with Gasteiger partial charge in [0, 0.05) is 31.2 Å². The molecular weight excluding hydrogens is 380 g/mol. The van der Waals surface area contributed by atoms with Gasteiger partial charge in [0.25, 0.3) is 0 Å². The molecule has 3 aromatic rings. The molecule has 0 aliphatic carbocycles. The molecule has 1 amide bonds. The minimum atomic E-state index is -0.174. The standard InChI is InChI=1S/C20H19ClN4O3/c21-16-11-15(12-17-20(16)28-10-9-27-17)13-19(26)23-18-4-8-25(24-18)7-3-14-1-5-22-6-2-14/h1-2,4-6,8,11-12H,3,7,9-10,13H2,(H,23,24,26). The summed E-state index contributed by atoms with van der Waals surface area (Å²) in [4.78, 5) is 16.4. The molecule has 0 atom stereocenters. The Hall–Kier alpha value is -3.06. The number of ether oxygens (including phenoxy) is 2. The molecule has 0 saturated heterocycles. The number of pyridine rings is 1. The zero-order valence-corrected chi connectivity index (χ0v) is 15.9. The molecule has 0 saturated carbocycles. The highest BCUT2D eigenvalue weighted by Crippen LogP contribution is 2.38. The molecule has 1 aliphatic heterocycles. The van der Waals surface area contributed by atoms with E-state index in [4.69, 9.17) is 21.1 Å². The van der Waals surface area contributed by atoms with E-state index < -0.39 is 0 Å². The van der Waals surface area contributed by atoms with Crippen LogP contribution in [-0.2, 0) is 24.2 Å². The van der Waals surface area contributed by atoms with E-state index in [1.54, 1.807) is 35.3 Å². The summed E-state index contributed by atoms with van der Waals surface area (Å²) in [5.74, 6) is 1.45. The normalized spacial score (nSPS) is 12.6. The Morgan fingerprint density at radius 2 is 1.96 bits per heavy atom. The minimum absolute atomic E-state index is 0.167. The minimum Gasteiger partial charge on any atom is -0.486 e. The van der Waals surface area contributed by atoms with Crippen molar-refractivity contribution < 1.29 is 14.3 Å². The average molecular weight is 399 g/mol. The van der Waals surface area contributed by atoms with Gasteiger partial charge in [0.2, 0.25) is 5.91 Å². The number of rotatable bonds is 6. The van der Waals surface area contributed by atoms with Crippen LogP contribution in [0.2, 0.25) is 5.02 Å². The van der Waals surface area contributed by atoms with Gasteiger partial charge in [0.1, 0.15) is 13.2 Å². The van der Waals surface area contributed by atoms with E-state index >= 15 is 0 Å². The topological polar surface area (TPSA) is 78.3 Å². The summed E-state index contributed by atoms with van der Waals surface area (Å²) in [6, 6.07) is 9.24. The third-order valence-electron chi connectivity index (χ3n) is 4.31. The Morgan fingerprint density at radius 1 is 1.14 bits per heavy atom. The number of hydrogen-bond acceptors (Lipinski definition) is 5. The van der Waals surface area contributed by atoms with Crippen molar-refractivity contribution in [1.29, 1.82) is 0 Å². The van der Waals surface area contributed by atoms with Crippen LogP contribution < -0.4 is 14.8 Å². The fourth-order valence-corrected chi connectivity index (χ4v) is 3.27. The van der Waals surface area contributed by atoms with Gasteiger partial charge in [-0.2, -0.15) is 5.10 Å². The molecule has 2 aromatic heterocycles. The molecule has 1 aliphatic rings. The lowest BCUT2D eigenvalue weighted by atomic mass is 10.1. The quantitative estimate of drug-likeness (QED) is 0.690. The highest BCUT2D eigenvalue weighted by atomic mass is 35.5. The maximum atomic E-state index is 12.4. The maximum absolute atomic E-state index is 12.4. The van der Waals surface area contributed by atoms with Crippen LogP contribution in [0.1, 0.15) is 11.1 Å². The summed E-state index contributed by atoms with van der Waals surface area (Å²) in [6.07, 6.45) is 6.40. The van der Waals surface area contributed by atoms with Crippen molar-refractivity contribution in [2.75, 3.05) is 18.5 Å². The number of amides is 1. The van der Waals surface area contributed by atoms with Crippen molar-refractivity contribution >= 4 is 23.3 Å². The number of halogens is 1.